The number of hydrogen-bond acceptors (Lipinski definition) is 2. The van der Waals surface area contributed by atoms with Crippen molar-refractivity contribution in [1.29, 1.82) is 0 Å². The highest BCUT2D eigenvalue weighted by molar-refractivity contribution is 6.31. The highest BCUT2D eigenvalue weighted by Crippen LogP contribution is 2.32. The molecule has 0 N–H and O–H groups in total. The van der Waals surface area contributed by atoms with Gasteiger partial charge in [0.1, 0.15) is 12.4 Å². The fraction of sp³-hybridized carbons (Fsp3) is 0.150. The van der Waals surface area contributed by atoms with Gasteiger partial charge in [-0.1, -0.05) is 48.5 Å². The molecule has 0 atom stereocenters. The van der Waals surface area contributed by atoms with Crippen molar-refractivity contribution < 1.29 is 4.74 Å². The first-order valence-electron chi connectivity index (χ1n) is 7.48. The Morgan fingerprint density at radius 2 is 1.78 bits per heavy atom. The number of nitrogens with zero attached hydrogens (tertiary/aromatic N) is 1. The normalized spacial score (nSPS) is 14.2. The van der Waals surface area contributed by atoms with E-state index in [1.54, 1.807) is 0 Å². The molecule has 2 nitrogen and oxygen atoms in total. The Morgan fingerprint density at radius 1 is 1.04 bits per heavy atom. The number of allylic oxidation sites excluding steroid dienone is 2. The molecule has 0 saturated carbocycles. The Labute approximate surface area is 141 Å². The van der Waals surface area contributed by atoms with Gasteiger partial charge in [-0.15, -0.1) is 0 Å². The molecule has 1 heterocycles. The molecule has 0 radical (unpaired) electrons. The minimum absolute atomic E-state index is 0.505. The summed E-state index contributed by atoms with van der Waals surface area (Å²) < 4.78 is 6.02. The van der Waals surface area contributed by atoms with Crippen LogP contribution in [0.2, 0.25) is 5.02 Å². The number of halogens is 1. The predicted molar refractivity (Wildman–Crippen MR) is 96.3 cm³/mol. The maximum Gasteiger partial charge on any atom is 0.129 e. The van der Waals surface area contributed by atoms with Crippen LogP contribution in [0.25, 0.3) is 0 Å². The molecule has 2 aromatic rings. The van der Waals surface area contributed by atoms with E-state index in [1.165, 1.54) is 0 Å². The van der Waals surface area contributed by atoms with Gasteiger partial charge in [0.05, 0.1) is 11.4 Å². The second-order valence-corrected chi connectivity index (χ2v) is 6.01. The average molecular weight is 324 g/mol. The molecule has 23 heavy (non-hydrogen) atoms. The Bertz CT molecular complexity index is 819. The first-order valence-corrected chi connectivity index (χ1v) is 7.86. The molecule has 1 aliphatic heterocycles. The zero-order chi connectivity index (χ0) is 16.4. The molecule has 0 aliphatic carbocycles. The second kappa shape index (κ2) is 6.43. The monoisotopic (exact) mass is 323 g/mol. The maximum absolute atomic E-state index is 6.18. The maximum atomic E-state index is 6.18. The summed E-state index contributed by atoms with van der Waals surface area (Å²) in [6.45, 7) is 8.57. The van der Waals surface area contributed by atoms with E-state index in [0.29, 0.717) is 11.6 Å². The molecular weight excluding hydrogens is 306 g/mol. The van der Waals surface area contributed by atoms with Crippen LogP contribution in [0.1, 0.15) is 25.0 Å². The Morgan fingerprint density at radius 3 is 2.43 bits per heavy atom. The van der Waals surface area contributed by atoms with Gasteiger partial charge in [0.15, 0.2) is 0 Å². The number of ether oxygens (including phenoxy) is 1. The topological polar surface area (TPSA) is 21.6 Å². The molecule has 0 unspecified atom stereocenters. The summed E-state index contributed by atoms with van der Waals surface area (Å²) in [6.07, 6.45) is 0. The van der Waals surface area contributed by atoms with Gasteiger partial charge in [-0.05, 0) is 48.8 Å². The Kier molecular flexibility index (Phi) is 4.35. The van der Waals surface area contributed by atoms with E-state index in [1.807, 2.05) is 62.4 Å². The lowest BCUT2D eigenvalue weighted by Gasteiger charge is -2.13. The van der Waals surface area contributed by atoms with Gasteiger partial charge < -0.3 is 4.74 Å². The fourth-order valence-electron chi connectivity index (χ4n) is 2.51. The molecule has 0 amide bonds. The fourth-order valence-corrected chi connectivity index (χ4v) is 2.68. The molecule has 0 fully saturated rings. The molecule has 3 rings (SSSR count). The number of benzene rings is 2. The van der Waals surface area contributed by atoms with Gasteiger partial charge in [-0.25, -0.2) is 4.99 Å². The van der Waals surface area contributed by atoms with E-state index in [-0.39, 0.29) is 0 Å². The minimum Gasteiger partial charge on any atom is -0.488 e. The molecule has 1 aliphatic rings. The van der Waals surface area contributed by atoms with Gasteiger partial charge in [-0.3, -0.25) is 0 Å². The van der Waals surface area contributed by atoms with Crippen molar-refractivity contribution in [1.82, 2.24) is 0 Å². The largest absolute Gasteiger partial charge is 0.488 e. The van der Waals surface area contributed by atoms with E-state index in [4.69, 9.17) is 16.3 Å². The Balaban J connectivity index is 1.93. The molecule has 0 saturated heterocycles. The van der Waals surface area contributed by atoms with Crippen LogP contribution >= 0.6 is 11.6 Å². The van der Waals surface area contributed by atoms with Crippen molar-refractivity contribution in [2.24, 2.45) is 4.99 Å². The predicted octanol–water partition coefficient (Wildman–Crippen LogP) is 5.57. The first-order chi connectivity index (χ1) is 11.1. The van der Waals surface area contributed by atoms with E-state index < -0.39 is 0 Å². The zero-order valence-corrected chi connectivity index (χ0v) is 14.0. The summed E-state index contributed by atoms with van der Waals surface area (Å²) in [5.74, 6) is 0.777. The summed E-state index contributed by atoms with van der Waals surface area (Å²) in [5.41, 5.74) is 5.93. The third-order valence-electron chi connectivity index (χ3n) is 4.03. The summed E-state index contributed by atoms with van der Waals surface area (Å²) in [4.78, 5) is 4.59. The highest BCUT2D eigenvalue weighted by Gasteiger charge is 2.21. The minimum atomic E-state index is 0.505. The SMILES string of the molecule is C=C1N=C(c2cc(Cl)ccc2OCc2ccccc2)C(C)=C1C. The molecule has 0 bridgehead atoms. The van der Waals surface area contributed by atoms with Crippen LogP contribution in [-0.2, 0) is 6.61 Å². The van der Waals surface area contributed by atoms with Gasteiger partial charge in [0.2, 0.25) is 0 Å². The molecule has 0 spiro atoms. The van der Waals surface area contributed by atoms with Crippen LogP contribution in [0.5, 0.6) is 5.75 Å². The van der Waals surface area contributed by atoms with E-state index in [0.717, 1.165) is 39.4 Å². The van der Waals surface area contributed by atoms with Crippen LogP contribution < -0.4 is 4.74 Å². The number of hydrogen-bond donors (Lipinski definition) is 0. The number of aliphatic imine (C=N–C) groups is 1. The van der Waals surface area contributed by atoms with Crippen LogP contribution in [0.15, 0.2) is 76.9 Å². The van der Waals surface area contributed by atoms with Crippen molar-refractivity contribution in [2.75, 3.05) is 0 Å². The van der Waals surface area contributed by atoms with E-state index >= 15 is 0 Å². The standard InChI is InChI=1S/C20H18ClNO/c1-13-14(2)20(22-15(13)3)18-11-17(21)9-10-19(18)23-12-16-7-5-4-6-8-16/h4-11H,3,12H2,1-2H3. The zero-order valence-electron chi connectivity index (χ0n) is 13.3. The summed E-state index contributed by atoms with van der Waals surface area (Å²) >= 11 is 6.18. The summed E-state index contributed by atoms with van der Waals surface area (Å²) in [6, 6.07) is 15.7. The molecule has 0 aromatic heterocycles. The van der Waals surface area contributed by atoms with Gasteiger partial charge in [0, 0.05) is 10.6 Å². The van der Waals surface area contributed by atoms with Crippen molar-refractivity contribution in [3.63, 3.8) is 0 Å². The quantitative estimate of drug-likeness (QED) is 0.720. The van der Waals surface area contributed by atoms with E-state index in [9.17, 15) is 0 Å². The van der Waals surface area contributed by atoms with Crippen LogP contribution in [0.4, 0.5) is 0 Å². The molecule has 2 aromatic carbocycles. The first kappa shape index (κ1) is 15.6. The molecule has 3 heteroatoms. The van der Waals surface area contributed by atoms with E-state index in [2.05, 4.69) is 11.6 Å². The van der Waals surface area contributed by atoms with Crippen molar-refractivity contribution in [2.45, 2.75) is 20.5 Å². The molecule has 116 valence electrons. The average Bonchev–Trinajstić information content (AvgIpc) is 2.82. The van der Waals surface area contributed by atoms with Crippen molar-refractivity contribution in [3.05, 3.63) is 88.1 Å². The lowest BCUT2D eigenvalue weighted by atomic mass is 10.0. The second-order valence-electron chi connectivity index (χ2n) is 5.57. The summed E-state index contributed by atoms with van der Waals surface area (Å²) in [7, 11) is 0. The smallest absolute Gasteiger partial charge is 0.129 e. The lowest BCUT2D eigenvalue weighted by Crippen LogP contribution is -2.05. The molecular formula is C20H18ClNO. The van der Waals surface area contributed by atoms with Crippen molar-refractivity contribution in [3.8, 4) is 5.75 Å². The lowest BCUT2D eigenvalue weighted by molar-refractivity contribution is 0.305. The Hall–Kier alpha value is -2.32. The third-order valence-corrected chi connectivity index (χ3v) is 4.27. The highest BCUT2D eigenvalue weighted by atomic mass is 35.5. The van der Waals surface area contributed by atoms with Gasteiger partial charge in [0.25, 0.3) is 0 Å². The van der Waals surface area contributed by atoms with Gasteiger partial charge >= 0.3 is 0 Å². The van der Waals surface area contributed by atoms with Crippen LogP contribution in [0.3, 0.4) is 0 Å². The van der Waals surface area contributed by atoms with Crippen LogP contribution in [-0.4, -0.2) is 5.71 Å². The third kappa shape index (κ3) is 3.22. The van der Waals surface area contributed by atoms with Gasteiger partial charge in [-0.2, -0.15) is 0 Å². The van der Waals surface area contributed by atoms with Crippen molar-refractivity contribution >= 4 is 17.3 Å². The number of rotatable bonds is 4. The summed E-state index contributed by atoms with van der Waals surface area (Å²) in [5, 5.41) is 0.665. The van der Waals surface area contributed by atoms with Crippen LogP contribution in [0, 0.1) is 0 Å².